The molecule has 1 N–H and O–H groups in total. The Bertz CT molecular complexity index is 626. The minimum atomic E-state index is 0.0636. The molecule has 2 aromatic rings. The monoisotopic (exact) mass is 283 g/mol. The standard InChI is InChI=1S/C17H17NO3/c1-20-16-7-5-14(6-8-16)13-21-17-10-15(11-18-12-17)4-2-3-9-19/h5-8,10-12,19H,3,9,13H2,1H3. The van der Waals surface area contributed by atoms with Crippen LogP contribution in [0.3, 0.4) is 0 Å². The number of hydrogen-bond donors (Lipinski definition) is 1. The second-order valence-corrected chi connectivity index (χ2v) is 4.32. The Hall–Kier alpha value is -2.51. The Labute approximate surface area is 124 Å². The summed E-state index contributed by atoms with van der Waals surface area (Å²) in [6, 6.07) is 9.54. The molecule has 0 bridgehead atoms. The van der Waals surface area contributed by atoms with Gasteiger partial charge in [-0.1, -0.05) is 24.0 Å². The van der Waals surface area contributed by atoms with Gasteiger partial charge in [-0.2, -0.15) is 0 Å². The van der Waals surface area contributed by atoms with E-state index in [2.05, 4.69) is 16.8 Å². The zero-order valence-corrected chi connectivity index (χ0v) is 11.9. The number of methoxy groups -OCH3 is 1. The van der Waals surface area contributed by atoms with E-state index in [1.54, 1.807) is 19.5 Å². The van der Waals surface area contributed by atoms with Crippen LogP contribution in [0.4, 0.5) is 0 Å². The first kappa shape index (κ1) is 14.9. The van der Waals surface area contributed by atoms with Crippen molar-refractivity contribution in [3.63, 3.8) is 0 Å². The van der Waals surface area contributed by atoms with Crippen molar-refractivity contribution in [2.75, 3.05) is 13.7 Å². The largest absolute Gasteiger partial charge is 0.497 e. The maximum Gasteiger partial charge on any atom is 0.139 e. The summed E-state index contributed by atoms with van der Waals surface area (Å²) in [5.41, 5.74) is 1.82. The van der Waals surface area contributed by atoms with Crippen LogP contribution < -0.4 is 9.47 Å². The van der Waals surface area contributed by atoms with Crippen molar-refractivity contribution in [2.24, 2.45) is 0 Å². The van der Waals surface area contributed by atoms with Gasteiger partial charge < -0.3 is 14.6 Å². The minimum absolute atomic E-state index is 0.0636. The second-order valence-electron chi connectivity index (χ2n) is 4.32. The molecular formula is C17H17NO3. The van der Waals surface area contributed by atoms with Gasteiger partial charge in [0.25, 0.3) is 0 Å². The predicted molar refractivity (Wildman–Crippen MR) is 80.1 cm³/mol. The van der Waals surface area contributed by atoms with Gasteiger partial charge in [0.05, 0.1) is 19.9 Å². The van der Waals surface area contributed by atoms with Crippen LogP contribution in [0.25, 0.3) is 0 Å². The fourth-order valence-electron chi connectivity index (χ4n) is 1.68. The Morgan fingerprint density at radius 3 is 2.67 bits per heavy atom. The molecule has 0 fully saturated rings. The van der Waals surface area contributed by atoms with Crippen molar-refractivity contribution in [1.82, 2.24) is 4.98 Å². The van der Waals surface area contributed by atoms with Crippen molar-refractivity contribution < 1.29 is 14.6 Å². The van der Waals surface area contributed by atoms with Crippen LogP contribution in [0.2, 0.25) is 0 Å². The Balaban J connectivity index is 1.96. The van der Waals surface area contributed by atoms with E-state index in [-0.39, 0.29) is 6.61 Å². The summed E-state index contributed by atoms with van der Waals surface area (Å²) in [6.45, 7) is 0.521. The maximum absolute atomic E-state index is 8.69. The van der Waals surface area contributed by atoms with Gasteiger partial charge in [-0.25, -0.2) is 0 Å². The number of aliphatic hydroxyl groups excluding tert-OH is 1. The molecule has 0 amide bonds. The van der Waals surface area contributed by atoms with Gasteiger partial charge in [0.15, 0.2) is 0 Å². The third-order valence-electron chi connectivity index (χ3n) is 2.75. The summed E-state index contributed by atoms with van der Waals surface area (Å²) < 4.78 is 10.8. The zero-order chi connectivity index (χ0) is 14.9. The first-order valence-corrected chi connectivity index (χ1v) is 6.62. The molecule has 4 heteroatoms. The summed E-state index contributed by atoms with van der Waals surface area (Å²) in [6.07, 6.45) is 3.78. The third-order valence-corrected chi connectivity index (χ3v) is 2.75. The fourth-order valence-corrected chi connectivity index (χ4v) is 1.68. The summed E-state index contributed by atoms with van der Waals surface area (Å²) in [7, 11) is 1.64. The van der Waals surface area contributed by atoms with Crippen LogP contribution in [0, 0.1) is 11.8 Å². The Kier molecular flexibility index (Phi) is 5.62. The maximum atomic E-state index is 8.69. The summed E-state index contributed by atoms with van der Waals surface area (Å²) in [4.78, 5) is 4.09. The molecule has 1 aromatic heterocycles. The van der Waals surface area contributed by atoms with Crippen molar-refractivity contribution in [3.05, 3.63) is 53.9 Å². The van der Waals surface area contributed by atoms with E-state index < -0.39 is 0 Å². The number of benzene rings is 1. The van der Waals surface area contributed by atoms with Crippen LogP contribution >= 0.6 is 0 Å². The van der Waals surface area contributed by atoms with Crippen LogP contribution in [-0.2, 0) is 6.61 Å². The lowest BCUT2D eigenvalue weighted by molar-refractivity contribution is 0.304. The highest BCUT2D eigenvalue weighted by Crippen LogP contribution is 2.15. The van der Waals surface area contributed by atoms with Crippen LogP contribution in [-0.4, -0.2) is 23.8 Å². The molecule has 1 heterocycles. The highest BCUT2D eigenvalue weighted by atomic mass is 16.5. The van der Waals surface area contributed by atoms with Gasteiger partial charge in [-0.3, -0.25) is 4.98 Å². The number of aromatic nitrogens is 1. The van der Waals surface area contributed by atoms with Gasteiger partial charge in [-0.05, 0) is 23.8 Å². The quantitative estimate of drug-likeness (QED) is 0.856. The number of aliphatic hydroxyl groups is 1. The lowest BCUT2D eigenvalue weighted by atomic mass is 10.2. The third kappa shape index (κ3) is 4.83. The smallest absolute Gasteiger partial charge is 0.139 e. The lowest BCUT2D eigenvalue weighted by Crippen LogP contribution is -1.96. The van der Waals surface area contributed by atoms with E-state index in [0.29, 0.717) is 18.8 Å². The summed E-state index contributed by atoms with van der Waals surface area (Å²) in [5.74, 6) is 7.27. The van der Waals surface area contributed by atoms with Gasteiger partial charge in [0.2, 0.25) is 0 Å². The molecule has 21 heavy (non-hydrogen) atoms. The van der Waals surface area contributed by atoms with Gasteiger partial charge in [-0.15, -0.1) is 0 Å². The minimum Gasteiger partial charge on any atom is -0.497 e. The zero-order valence-electron chi connectivity index (χ0n) is 11.9. The lowest BCUT2D eigenvalue weighted by Gasteiger charge is -2.07. The van der Waals surface area contributed by atoms with E-state index >= 15 is 0 Å². The average Bonchev–Trinajstić information content (AvgIpc) is 2.54. The van der Waals surface area contributed by atoms with Crippen LogP contribution in [0.5, 0.6) is 11.5 Å². The number of hydrogen-bond acceptors (Lipinski definition) is 4. The molecule has 4 nitrogen and oxygen atoms in total. The number of pyridine rings is 1. The molecule has 1 aromatic carbocycles. The SMILES string of the molecule is COc1ccc(COc2cncc(C#CCCO)c2)cc1. The van der Waals surface area contributed by atoms with Gasteiger partial charge >= 0.3 is 0 Å². The van der Waals surface area contributed by atoms with Crippen molar-refractivity contribution in [2.45, 2.75) is 13.0 Å². The molecule has 108 valence electrons. The highest BCUT2D eigenvalue weighted by molar-refractivity contribution is 5.37. The Morgan fingerprint density at radius 2 is 1.95 bits per heavy atom. The van der Waals surface area contributed by atoms with E-state index in [9.17, 15) is 0 Å². The molecule has 0 atom stereocenters. The molecule has 0 spiro atoms. The molecule has 0 unspecified atom stereocenters. The predicted octanol–water partition coefficient (Wildman–Crippen LogP) is 2.40. The first-order valence-electron chi connectivity index (χ1n) is 6.62. The van der Waals surface area contributed by atoms with E-state index in [1.165, 1.54) is 0 Å². The molecule has 0 radical (unpaired) electrons. The number of rotatable bonds is 5. The molecule has 0 aliphatic rings. The Morgan fingerprint density at radius 1 is 1.14 bits per heavy atom. The van der Waals surface area contributed by atoms with Crippen molar-refractivity contribution >= 4 is 0 Å². The molecular weight excluding hydrogens is 266 g/mol. The van der Waals surface area contributed by atoms with Crippen LogP contribution in [0.15, 0.2) is 42.7 Å². The van der Waals surface area contributed by atoms with E-state index in [4.69, 9.17) is 14.6 Å². The molecule has 0 aliphatic heterocycles. The molecule has 2 rings (SSSR count). The van der Waals surface area contributed by atoms with E-state index in [0.717, 1.165) is 16.9 Å². The topological polar surface area (TPSA) is 51.6 Å². The number of nitrogens with zero attached hydrogens (tertiary/aromatic N) is 1. The highest BCUT2D eigenvalue weighted by Gasteiger charge is 1.98. The average molecular weight is 283 g/mol. The molecule has 0 saturated carbocycles. The molecule has 0 aliphatic carbocycles. The second kappa shape index (κ2) is 7.93. The summed E-state index contributed by atoms with van der Waals surface area (Å²) >= 11 is 0. The first-order chi connectivity index (χ1) is 10.3. The van der Waals surface area contributed by atoms with Crippen molar-refractivity contribution in [3.8, 4) is 23.3 Å². The normalized spacial score (nSPS) is 9.62. The van der Waals surface area contributed by atoms with E-state index in [1.807, 2.05) is 30.3 Å². The molecule has 0 saturated heterocycles. The fraction of sp³-hybridized carbons (Fsp3) is 0.235. The van der Waals surface area contributed by atoms with Crippen LogP contribution in [0.1, 0.15) is 17.5 Å². The van der Waals surface area contributed by atoms with Gasteiger partial charge in [0.1, 0.15) is 18.1 Å². The summed E-state index contributed by atoms with van der Waals surface area (Å²) in [5, 5.41) is 8.69. The van der Waals surface area contributed by atoms with Gasteiger partial charge in [0, 0.05) is 18.2 Å². The number of ether oxygens (including phenoxy) is 2. The van der Waals surface area contributed by atoms with Crippen molar-refractivity contribution in [1.29, 1.82) is 0 Å².